The number of nitrogens with one attached hydrogen (secondary N) is 4. The lowest BCUT2D eigenvalue weighted by Crippen LogP contribution is -2.29. The summed E-state index contributed by atoms with van der Waals surface area (Å²) >= 11 is 7.90. The van der Waals surface area contributed by atoms with Gasteiger partial charge in [-0.05, 0) is 87.0 Å². The van der Waals surface area contributed by atoms with E-state index < -0.39 is 6.04 Å². The molecule has 1 aliphatic rings. The number of fused-ring (bicyclic) bond motifs is 6. The van der Waals surface area contributed by atoms with Crippen LogP contribution < -0.4 is 16.3 Å². The summed E-state index contributed by atoms with van der Waals surface area (Å²) in [6.45, 7) is 7.87. The average molecular weight is 934 g/mol. The molecular formula is C49H44ClN11O5S. The lowest BCUT2D eigenvalue weighted by atomic mass is 9.99. The van der Waals surface area contributed by atoms with Gasteiger partial charge < -0.3 is 30.1 Å². The molecule has 0 radical (unpaired) electrons. The summed E-state index contributed by atoms with van der Waals surface area (Å²) in [6, 6.07) is 27.9. The standard InChI is InChI=1S/C49H44ClN11O5S/c1-27-28(2)67-48-43(27)44(30-8-11-32(50)12-9-30)54-40(46-59-58-29(3)60(46)48)26-42(62)52-18-20-65-22-23-66-21-19-53-47(63)31-10-15-41-39(24-31)55-45(35-16-17-51-36-7-5-4-6-34(35)36)61(41)33-13-14-37-38(25-33)57-49(64)56-37/h4-17,24-25,40H,18-23,26H2,1-3H3,(H,52,62)(H,53,63)(H2,56,57,64)/t40-/m0/s1. The number of pyridine rings is 1. The van der Waals surface area contributed by atoms with E-state index in [1.165, 1.54) is 4.88 Å². The van der Waals surface area contributed by atoms with Crippen LogP contribution in [0.1, 0.15) is 56.0 Å². The molecule has 1 atom stereocenters. The molecule has 9 aromatic rings. The van der Waals surface area contributed by atoms with E-state index in [0.29, 0.717) is 65.2 Å². The highest BCUT2D eigenvalue weighted by Gasteiger charge is 2.32. The van der Waals surface area contributed by atoms with Gasteiger partial charge in [-0.25, -0.2) is 9.78 Å². The zero-order valence-corrected chi connectivity index (χ0v) is 38.3. The Kier molecular flexibility index (Phi) is 12.0. The summed E-state index contributed by atoms with van der Waals surface area (Å²) in [4.78, 5) is 60.3. The van der Waals surface area contributed by atoms with Gasteiger partial charge in [0.15, 0.2) is 5.82 Å². The Morgan fingerprint density at radius 1 is 0.821 bits per heavy atom. The van der Waals surface area contributed by atoms with Crippen molar-refractivity contribution in [1.29, 1.82) is 0 Å². The van der Waals surface area contributed by atoms with Gasteiger partial charge in [-0.1, -0.05) is 41.9 Å². The van der Waals surface area contributed by atoms with Crippen LogP contribution in [0.5, 0.6) is 0 Å². The van der Waals surface area contributed by atoms with Gasteiger partial charge in [0.25, 0.3) is 5.91 Å². The molecular weight excluding hydrogens is 890 g/mol. The maximum atomic E-state index is 13.3. The molecule has 0 fully saturated rings. The van der Waals surface area contributed by atoms with Gasteiger partial charge in [0.2, 0.25) is 5.91 Å². The van der Waals surface area contributed by atoms with E-state index in [4.69, 9.17) is 31.1 Å². The van der Waals surface area contributed by atoms with Crippen molar-refractivity contribution in [3.63, 3.8) is 0 Å². The third-order valence-electron chi connectivity index (χ3n) is 11.8. The lowest BCUT2D eigenvalue weighted by molar-refractivity contribution is -0.121. The van der Waals surface area contributed by atoms with E-state index >= 15 is 0 Å². The average Bonchev–Trinajstić information content (AvgIpc) is 4.07. The Morgan fingerprint density at radius 3 is 2.42 bits per heavy atom. The van der Waals surface area contributed by atoms with Crippen molar-refractivity contribution < 1.29 is 19.1 Å². The monoisotopic (exact) mass is 933 g/mol. The Balaban J connectivity index is 0.719. The number of amides is 2. The summed E-state index contributed by atoms with van der Waals surface area (Å²) < 4.78 is 15.5. The molecule has 16 nitrogen and oxygen atoms in total. The van der Waals surface area contributed by atoms with Crippen LogP contribution in [0, 0.1) is 20.8 Å². The number of aromatic amines is 2. The molecule has 4 N–H and O–H groups in total. The first-order valence-electron chi connectivity index (χ1n) is 21.8. The normalized spacial score (nSPS) is 13.4. The number of para-hydroxylation sites is 1. The number of thiophene rings is 1. The first kappa shape index (κ1) is 43.6. The summed E-state index contributed by atoms with van der Waals surface area (Å²) in [7, 11) is 0. The second kappa shape index (κ2) is 18.5. The molecule has 0 aliphatic carbocycles. The second-order valence-electron chi connectivity index (χ2n) is 16.1. The fraction of sp³-hybridized carbons (Fsp3) is 0.224. The number of imidazole rings is 2. The van der Waals surface area contributed by atoms with Gasteiger partial charge in [-0.15, -0.1) is 21.5 Å². The lowest BCUT2D eigenvalue weighted by Gasteiger charge is -2.13. The molecule has 0 bridgehead atoms. The molecule has 4 aromatic carbocycles. The second-order valence-corrected chi connectivity index (χ2v) is 17.7. The predicted octanol–water partition coefficient (Wildman–Crippen LogP) is 7.49. The fourth-order valence-corrected chi connectivity index (χ4v) is 9.76. The third kappa shape index (κ3) is 8.65. The van der Waals surface area contributed by atoms with Gasteiger partial charge in [-0.3, -0.25) is 28.7 Å². The molecule has 6 heterocycles. The molecule has 0 saturated heterocycles. The van der Waals surface area contributed by atoms with E-state index in [9.17, 15) is 14.4 Å². The third-order valence-corrected chi connectivity index (χ3v) is 13.2. The van der Waals surface area contributed by atoms with Crippen molar-refractivity contribution in [2.24, 2.45) is 4.99 Å². The minimum absolute atomic E-state index is 0.0768. The number of aryl methyl sites for hydroxylation is 2. The zero-order chi connectivity index (χ0) is 46.2. The van der Waals surface area contributed by atoms with Gasteiger partial charge in [0.1, 0.15) is 22.7 Å². The van der Waals surface area contributed by atoms with Crippen LogP contribution in [0.2, 0.25) is 5.02 Å². The minimum atomic E-state index is -0.569. The number of hydrogen-bond donors (Lipinski definition) is 4. The molecule has 67 heavy (non-hydrogen) atoms. The minimum Gasteiger partial charge on any atom is -0.377 e. The Labute approximate surface area is 392 Å². The Bertz CT molecular complexity index is 3430. The highest BCUT2D eigenvalue weighted by Crippen LogP contribution is 2.40. The van der Waals surface area contributed by atoms with E-state index in [1.54, 1.807) is 29.7 Å². The van der Waals surface area contributed by atoms with Gasteiger partial charge in [0, 0.05) is 62.5 Å². The van der Waals surface area contributed by atoms with Crippen molar-refractivity contribution in [2.45, 2.75) is 33.2 Å². The molecule has 338 valence electrons. The molecule has 18 heteroatoms. The van der Waals surface area contributed by atoms with Crippen LogP contribution in [0.15, 0.2) is 107 Å². The van der Waals surface area contributed by atoms with Crippen LogP contribution in [-0.2, 0) is 14.3 Å². The maximum absolute atomic E-state index is 13.3. The number of carbonyl (C=O) groups is 2. The van der Waals surface area contributed by atoms with E-state index in [0.717, 1.165) is 60.9 Å². The number of benzene rings is 4. The summed E-state index contributed by atoms with van der Waals surface area (Å²) in [6.07, 6.45) is 1.83. The maximum Gasteiger partial charge on any atom is 0.323 e. The zero-order valence-electron chi connectivity index (χ0n) is 36.7. The molecule has 0 saturated carbocycles. The number of aliphatic imine (C=N–C) groups is 1. The van der Waals surface area contributed by atoms with Crippen molar-refractivity contribution in [2.75, 3.05) is 39.5 Å². The molecule has 1 aliphatic heterocycles. The van der Waals surface area contributed by atoms with E-state index in [-0.39, 0.29) is 37.1 Å². The number of carbonyl (C=O) groups excluding carboxylic acids is 2. The topological polar surface area (TPSA) is 199 Å². The number of hydrogen-bond acceptors (Lipinski definition) is 11. The van der Waals surface area contributed by atoms with Gasteiger partial charge in [0.05, 0.1) is 66.1 Å². The molecule has 0 unspecified atom stereocenters. The van der Waals surface area contributed by atoms with Crippen LogP contribution in [-0.4, -0.2) is 96.3 Å². The quantitative estimate of drug-likeness (QED) is 0.0753. The number of aromatic nitrogens is 8. The number of rotatable bonds is 15. The van der Waals surface area contributed by atoms with Gasteiger partial charge in [-0.2, -0.15) is 0 Å². The SMILES string of the molecule is Cc1sc2c(c1C)C(c1ccc(Cl)cc1)=N[C@@H](CC(=O)NCCOCCOCCNC(=O)c1ccc3c(c1)nc(-c1ccnc4ccccc14)n3-c1ccc3[nH]c(=O)[nH]c3c1)c1nnc(C)n1-2. The van der Waals surface area contributed by atoms with Crippen LogP contribution in [0.3, 0.4) is 0 Å². The predicted molar refractivity (Wildman–Crippen MR) is 259 cm³/mol. The smallest absolute Gasteiger partial charge is 0.323 e. The van der Waals surface area contributed by atoms with Crippen molar-refractivity contribution >= 4 is 73.4 Å². The number of halogens is 1. The summed E-state index contributed by atoms with van der Waals surface area (Å²) in [5.41, 5.74) is 9.24. The van der Waals surface area contributed by atoms with E-state index in [2.05, 4.69) is 49.6 Å². The fourth-order valence-electron chi connectivity index (χ4n) is 8.42. The summed E-state index contributed by atoms with van der Waals surface area (Å²) in [5, 5.41) is 17.3. The molecule has 0 spiro atoms. The highest BCUT2D eigenvalue weighted by molar-refractivity contribution is 7.15. The Hall–Kier alpha value is -7.31. The number of H-pyrrole nitrogens is 2. The molecule has 10 rings (SSSR count). The number of nitrogens with zero attached hydrogens (tertiary/aromatic N) is 7. The van der Waals surface area contributed by atoms with Crippen molar-refractivity contribution in [3.8, 4) is 22.1 Å². The summed E-state index contributed by atoms with van der Waals surface area (Å²) in [5.74, 6) is 1.56. The van der Waals surface area contributed by atoms with Crippen LogP contribution in [0.4, 0.5) is 0 Å². The largest absolute Gasteiger partial charge is 0.377 e. The number of ether oxygens (including phenoxy) is 2. The first-order chi connectivity index (χ1) is 32.6. The first-order valence-corrected chi connectivity index (χ1v) is 23.0. The Morgan fingerprint density at radius 2 is 1.60 bits per heavy atom. The van der Waals surface area contributed by atoms with Crippen LogP contribution in [0.25, 0.3) is 55.0 Å². The van der Waals surface area contributed by atoms with Gasteiger partial charge >= 0.3 is 5.69 Å². The molecule has 2 amide bonds. The highest BCUT2D eigenvalue weighted by atomic mass is 35.5. The van der Waals surface area contributed by atoms with E-state index in [1.807, 2.05) is 94.9 Å². The van der Waals surface area contributed by atoms with Crippen LogP contribution >= 0.6 is 22.9 Å². The molecule has 5 aromatic heterocycles. The van der Waals surface area contributed by atoms with Crippen molar-refractivity contribution in [1.82, 2.24) is 49.9 Å². The van der Waals surface area contributed by atoms with Crippen molar-refractivity contribution in [3.05, 3.63) is 151 Å².